The minimum Gasteiger partial charge on any atom is -1.00 e. The molecular weight excluding hydrogens is 343 g/mol. The molecule has 1 aliphatic heterocycles. The highest BCUT2D eigenvalue weighted by Gasteiger charge is 2.18. The average molecular weight is 362 g/mol. The molecule has 0 amide bonds. The first-order valence-electron chi connectivity index (χ1n) is 5.67. The van der Waals surface area contributed by atoms with Crippen molar-refractivity contribution < 1.29 is 28.6 Å². The lowest BCUT2D eigenvalue weighted by Crippen LogP contribution is -3.00. The van der Waals surface area contributed by atoms with Crippen molar-refractivity contribution in [3.8, 4) is 0 Å². The highest BCUT2D eigenvalue weighted by molar-refractivity contribution is 8.14. The van der Waals surface area contributed by atoms with Crippen molar-refractivity contribution in [1.82, 2.24) is 0 Å². The van der Waals surface area contributed by atoms with Crippen LogP contribution in [0.4, 0.5) is 5.69 Å². The van der Waals surface area contributed by atoms with Crippen molar-refractivity contribution in [3.05, 3.63) is 29.8 Å². The van der Waals surface area contributed by atoms with Gasteiger partial charge in [0.1, 0.15) is 13.6 Å². The molecule has 1 aromatic carbocycles. The molecule has 2 nitrogen and oxygen atoms in total. The molecule has 94 valence electrons. The van der Waals surface area contributed by atoms with Crippen LogP contribution in [-0.2, 0) is 0 Å². The number of anilines is 1. The van der Waals surface area contributed by atoms with E-state index in [2.05, 4.69) is 54.9 Å². The standard InChI is InChI=1S/C13H19N2S.HI/c1-14(2)12-7-5-11(6-8-12)13-15(3)9-4-10-16-13;/h5-8H,4,9-10H2,1-3H3;1H/q+1;/p-1. The predicted molar refractivity (Wildman–Crippen MR) is 73.0 cm³/mol. The maximum Gasteiger partial charge on any atom is 0.241 e. The molecule has 1 heterocycles. The summed E-state index contributed by atoms with van der Waals surface area (Å²) in [6.45, 7) is 1.18. The maximum absolute atomic E-state index is 2.36. The molecule has 1 aromatic rings. The molecule has 0 radical (unpaired) electrons. The van der Waals surface area contributed by atoms with E-state index in [1.54, 1.807) is 0 Å². The van der Waals surface area contributed by atoms with Gasteiger partial charge in [-0.25, -0.2) is 4.58 Å². The van der Waals surface area contributed by atoms with Gasteiger partial charge in [-0.3, -0.25) is 0 Å². The van der Waals surface area contributed by atoms with Crippen LogP contribution in [0.3, 0.4) is 0 Å². The summed E-state index contributed by atoms with van der Waals surface area (Å²) in [4.78, 5) is 2.13. The lowest BCUT2D eigenvalue weighted by atomic mass is 10.2. The lowest BCUT2D eigenvalue weighted by Gasteiger charge is -2.14. The number of halogens is 1. The van der Waals surface area contributed by atoms with E-state index >= 15 is 0 Å². The van der Waals surface area contributed by atoms with Crippen LogP contribution in [0.2, 0.25) is 0 Å². The molecule has 17 heavy (non-hydrogen) atoms. The Labute approximate surface area is 125 Å². The Morgan fingerprint density at radius 2 is 1.82 bits per heavy atom. The molecule has 0 N–H and O–H groups in total. The van der Waals surface area contributed by atoms with Gasteiger partial charge >= 0.3 is 0 Å². The summed E-state index contributed by atoms with van der Waals surface area (Å²) in [5, 5.41) is 1.41. The van der Waals surface area contributed by atoms with Gasteiger partial charge < -0.3 is 28.9 Å². The van der Waals surface area contributed by atoms with Gasteiger partial charge in [0.05, 0.1) is 5.56 Å². The van der Waals surface area contributed by atoms with Crippen LogP contribution in [0, 0.1) is 0 Å². The second-order valence-electron chi connectivity index (χ2n) is 4.37. The number of hydrogen-bond acceptors (Lipinski definition) is 2. The van der Waals surface area contributed by atoms with Gasteiger partial charge in [0.15, 0.2) is 0 Å². The van der Waals surface area contributed by atoms with E-state index in [1.807, 2.05) is 11.8 Å². The number of nitrogens with zero attached hydrogens (tertiary/aromatic N) is 2. The smallest absolute Gasteiger partial charge is 0.241 e. The third kappa shape index (κ3) is 3.61. The monoisotopic (exact) mass is 362 g/mol. The zero-order chi connectivity index (χ0) is 11.5. The third-order valence-corrected chi connectivity index (χ3v) is 4.17. The molecule has 0 unspecified atom stereocenters. The first kappa shape index (κ1) is 14.8. The largest absolute Gasteiger partial charge is 1.00 e. The average Bonchev–Trinajstić information content (AvgIpc) is 2.30. The van der Waals surface area contributed by atoms with Gasteiger partial charge in [0.2, 0.25) is 5.04 Å². The Balaban J connectivity index is 0.00000144. The first-order valence-corrected chi connectivity index (χ1v) is 6.65. The molecule has 0 bridgehead atoms. The molecule has 2 rings (SSSR count). The highest BCUT2D eigenvalue weighted by Crippen LogP contribution is 2.20. The topological polar surface area (TPSA) is 6.25 Å². The molecule has 0 saturated heterocycles. The quantitative estimate of drug-likeness (QED) is 0.506. The third-order valence-electron chi connectivity index (χ3n) is 2.85. The van der Waals surface area contributed by atoms with Crippen LogP contribution in [0.25, 0.3) is 0 Å². The Morgan fingerprint density at radius 3 is 2.35 bits per heavy atom. The van der Waals surface area contributed by atoms with Crippen molar-refractivity contribution in [1.29, 1.82) is 0 Å². The number of thioether (sulfide) groups is 1. The van der Waals surface area contributed by atoms with Crippen LogP contribution in [0.5, 0.6) is 0 Å². The van der Waals surface area contributed by atoms with Gasteiger partial charge in [0.25, 0.3) is 0 Å². The lowest BCUT2D eigenvalue weighted by molar-refractivity contribution is -0.494. The molecule has 0 atom stereocenters. The van der Waals surface area contributed by atoms with E-state index < -0.39 is 0 Å². The molecule has 0 fully saturated rings. The molecule has 1 aliphatic rings. The summed E-state index contributed by atoms with van der Waals surface area (Å²) in [5.41, 5.74) is 2.60. The fourth-order valence-electron chi connectivity index (χ4n) is 1.89. The fraction of sp³-hybridized carbons (Fsp3) is 0.462. The van der Waals surface area contributed by atoms with Crippen LogP contribution in [-0.4, -0.2) is 43.1 Å². The highest BCUT2D eigenvalue weighted by atomic mass is 127. The molecule has 0 aliphatic carbocycles. The Kier molecular flexibility index (Phi) is 5.79. The van der Waals surface area contributed by atoms with Crippen molar-refractivity contribution >= 4 is 22.5 Å². The van der Waals surface area contributed by atoms with Gasteiger partial charge in [0, 0.05) is 32.0 Å². The van der Waals surface area contributed by atoms with Crippen molar-refractivity contribution in [2.75, 3.05) is 38.3 Å². The first-order chi connectivity index (χ1) is 7.68. The Bertz CT molecular complexity index is 398. The zero-order valence-electron chi connectivity index (χ0n) is 10.6. The van der Waals surface area contributed by atoms with E-state index in [0.29, 0.717) is 0 Å². The molecule has 0 spiro atoms. The summed E-state index contributed by atoms with van der Waals surface area (Å²) in [6.07, 6.45) is 1.29. The molecule has 0 saturated carbocycles. The summed E-state index contributed by atoms with van der Waals surface area (Å²) >= 11 is 1.97. The Hall–Kier alpha value is -0.230. The maximum atomic E-state index is 2.36. The van der Waals surface area contributed by atoms with E-state index in [0.717, 1.165) is 0 Å². The van der Waals surface area contributed by atoms with Gasteiger partial charge in [-0.1, -0.05) is 11.8 Å². The van der Waals surface area contributed by atoms with Crippen LogP contribution < -0.4 is 28.9 Å². The van der Waals surface area contributed by atoms with Crippen LogP contribution in [0.1, 0.15) is 12.0 Å². The predicted octanol–water partition coefficient (Wildman–Crippen LogP) is -0.718. The van der Waals surface area contributed by atoms with Crippen LogP contribution >= 0.6 is 11.8 Å². The van der Waals surface area contributed by atoms with E-state index in [1.165, 1.54) is 35.0 Å². The van der Waals surface area contributed by atoms with Crippen molar-refractivity contribution in [3.63, 3.8) is 0 Å². The molecular formula is C13H19IN2S. The van der Waals surface area contributed by atoms with Gasteiger partial charge in [-0.15, -0.1) is 0 Å². The zero-order valence-corrected chi connectivity index (χ0v) is 13.6. The van der Waals surface area contributed by atoms with E-state index in [-0.39, 0.29) is 24.0 Å². The van der Waals surface area contributed by atoms with Crippen molar-refractivity contribution in [2.45, 2.75) is 6.42 Å². The summed E-state index contributed by atoms with van der Waals surface area (Å²) in [5.74, 6) is 1.25. The Morgan fingerprint density at radius 1 is 1.18 bits per heavy atom. The second kappa shape index (κ2) is 6.64. The second-order valence-corrected chi connectivity index (χ2v) is 5.45. The fourth-order valence-corrected chi connectivity index (χ4v) is 2.97. The normalized spacial score (nSPS) is 15.5. The number of rotatable bonds is 2. The van der Waals surface area contributed by atoms with E-state index in [4.69, 9.17) is 0 Å². The van der Waals surface area contributed by atoms with E-state index in [9.17, 15) is 0 Å². The summed E-state index contributed by atoms with van der Waals surface area (Å²) in [6, 6.07) is 8.82. The SMILES string of the molecule is CN(C)c1ccc(C2=[N+](C)CCCS2)cc1.[I-]. The minimum atomic E-state index is 0. The molecule has 4 heteroatoms. The number of hydrogen-bond donors (Lipinski definition) is 0. The summed E-state index contributed by atoms with van der Waals surface area (Å²) < 4.78 is 2.36. The number of benzene rings is 1. The minimum absolute atomic E-state index is 0. The summed E-state index contributed by atoms with van der Waals surface area (Å²) in [7, 11) is 6.33. The van der Waals surface area contributed by atoms with Gasteiger partial charge in [-0.05, 0) is 24.3 Å². The van der Waals surface area contributed by atoms with Gasteiger partial charge in [-0.2, -0.15) is 0 Å². The van der Waals surface area contributed by atoms with Crippen molar-refractivity contribution in [2.24, 2.45) is 0 Å². The molecule has 0 aromatic heterocycles. The van der Waals surface area contributed by atoms with Crippen LogP contribution in [0.15, 0.2) is 24.3 Å².